The molecule has 1 fully saturated rings. The number of piperidine rings is 1. The summed E-state index contributed by atoms with van der Waals surface area (Å²) in [5.74, 6) is 0.800. The zero-order valence-electron chi connectivity index (χ0n) is 14.3. The number of rotatable bonds is 6. The Labute approximate surface area is 138 Å². The second-order valence-electron chi connectivity index (χ2n) is 6.31. The Morgan fingerprint density at radius 2 is 2.09 bits per heavy atom. The molecule has 0 unspecified atom stereocenters. The minimum atomic E-state index is -0.105. The number of hydrogen-bond donors (Lipinski definition) is 2. The summed E-state index contributed by atoms with van der Waals surface area (Å²) < 4.78 is 5.46. The summed E-state index contributed by atoms with van der Waals surface area (Å²) >= 11 is 0. The number of hydrogen-bond acceptors (Lipinski definition) is 4. The van der Waals surface area contributed by atoms with Gasteiger partial charge in [0.1, 0.15) is 5.75 Å². The van der Waals surface area contributed by atoms with Gasteiger partial charge in [-0.3, -0.25) is 4.79 Å². The second-order valence-corrected chi connectivity index (χ2v) is 6.31. The fourth-order valence-corrected chi connectivity index (χ4v) is 3.00. The number of likely N-dealkylation sites (tertiary alicyclic amines) is 1. The first-order valence-electron chi connectivity index (χ1n) is 8.46. The molecule has 2 rings (SSSR count). The smallest absolute Gasteiger partial charge is 0.227 e. The van der Waals surface area contributed by atoms with E-state index < -0.39 is 0 Å². The standard InChI is InChI=1S/C18H28N2O3/c1-4-23-17-6-5-16(11-15(17)12-21)19-18(22)14-7-9-20(10-8-14)13(2)3/h5-6,11,13-14,21H,4,7-10,12H2,1-3H3,(H,19,22). The lowest BCUT2D eigenvalue weighted by atomic mass is 9.95. The Morgan fingerprint density at radius 3 is 2.65 bits per heavy atom. The van der Waals surface area contributed by atoms with Gasteiger partial charge in [0, 0.05) is 23.2 Å². The third kappa shape index (κ3) is 4.69. The number of carbonyl (C=O) groups excluding carboxylic acids is 1. The predicted octanol–water partition coefficient (Wildman–Crippen LogP) is 2.64. The van der Waals surface area contributed by atoms with Gasteiger partial charge in [-0.2, -0.15) is 0 Å². The molecule has 0 aromatic heterocycles. The Balaban J connectivity index is 1.95. The van der Waals surface area contributed by atoms with E-state index in [1.807, 2.05) is 13.0 Å². The van der Waals surface area contributed by atoms with Crippen molar-refractivity contribution in [3.63, 3.8) is 0 Å². The van der Waals surface area contributed by atoms with Gasteiger partial charge in [0.2, 0.25) is 5.91 Å². The van der Waals surface area contributed by atoms with Crippen LogP contribution in [0.5, 0.6) is 5.75 Å². The number of ether oxygens (including phenoxy) is 1. The van der Waals surface area contributed by atoms with E-state index in [0.29, 0.717) is 29.6 Å². The second kappa shape index (κ2) is 8.31. The Hall–Kier alpha value is -1.59. The summed E-state index contributed by atoms with van der Waals surface area (Å²) in [5.41, 5.74) is 1.41. The highest BCUT2D eigenvalue weighted by atomic mass is 16.5. The van der Waals surface area contributed by atoms with Gasteiger partial charge in [-0.15, -0.1) is 0 Å². The zero-order valence-corrected chi connectivity index (χ0v) is 14.3. The largest absolute Gasteiger partial charge is 0.494 e. The molecule has 1 aromatic rings. The highest BCUT2D eigenvalue weighted by Gasteiger charge is 2.26. The van der Waals surface area contributed by atoms with Gasteiger partial charge in [0.05, 0.1) is 13.2 Å². The monoisotopic (exact) mass is 320 g/mol. The molecule has 5 heteroatoms. The van der Waals surface area contributed by atoms with Gasteiger partial charge in [-0.25, -0.2) is 0 Å². The van der Waals surface area contributed by atoms with Crippen LogP contribution in [0, 0.1) is 5.92 Å². The summed E-state index contributed by atoms with van der Waals surface area (Å²) in [7, 11) is 0. The van der Waals surface area contributed by atoms with Crippen molar-refractivity contribution in [2.75, 3.05) is 25.0 Å². The van der Waals surface area contributed by atoms with E-state index in [2.05, 4.69) is 24.1 Å². The van der Waals surface area contributed by atoms with Crippen LogP contribution in [0.25, 0.3) is 0 Å². The van der Waals surface area contributed by atoms with Crippen molar-refractivity contribution in [3.05, 3.63) is 23.8 Å². The first kappa shape index (κ1) is 17.8. The van der Waals surface area contributed by atoms with E-state index in [0.717, 1.165) is 25.9 Å². The van der Waals surface area contributed by atoms with Crippen LogP contribution in [0.4, 0.5) is 5.69 Å². The molecular weight excluding hydrogens is 292 g/mol. The van der Waals surface area contributed by atoms with Crippen LogP contribution in [-0.4, -0.2) is 41.7 Å². The summed E-state index contributed by atoms with van der Waals surface area (Å²) in [6, 6.07) is 5.95. The van der Waals surface area contributed by atoms with Crippen LogP contribution in [0.2, 0.25) is 0 Å². The summed E-state index contributed by atoms with van der Waals surface area (Å²) in [6.07, 6.45) is 1.79. The third-order valence-corrected chi connectivity index (χ3v) is 4.43. The maximum absolute atomic E-state index is 12.4. The molecule has 5 nitrogen and oxygen atoms in total. The lowest BCUT2D eigenvalue weighted by Gasteiger charge is -2.33. The van der Waals surface area contributed by atoms with Crippen LogP contribution in [-0.2, 0) is 11.4 Å². The zero-order chi connectivity index (χ0) is 16.8. The van der Waals surface area contributed by atoms with Gasteiger partial charge < -0.3 is 20.1 Å². The maximum atomic E-state index is 12.4. The maximum Gasteiger partial charge on any atom is 0.227 e. The predicted molar refractivity (Wildman–Crippen MR) is 91.6 cm³/mol. The van der Waals surface area contributed by atoms with Crippen molar-refractivity contribution in [2.24, 2.45) is 5.92 Å². The van der Waals surface area contributed by atoms with Crippen molar-refractivity contribution in [2.45, 2.75) is 46.3 Å². The number of nitrogens with one attached hydrogen (secondary N) is 1. The van der Waals surface area contributed by atoms with Gasteiger partial charge in [0.15, 0.2) is 0 Å². The van der Waals surface area contributed by atoms with Crippen molar-refractivity contribution in [1.29, 1.82) is 0 Å². The lowest BCUT2D eigenvalue weighted by molar-refractivity contribution is -0.121. The van der Waals surface area contributed by atoms with Crippen LogP contribution in [0.1, 0.15) is 39.2 Å². The van der Waals surface area contributed by atoms with E-state index in [1.54, 1.807) is 12.1 Å². The highest BCUT2D eigenvalue weighted by molar-refractivity contribution is 5.92. The van der Waals surface area contributed by atoms with Crippen molar-refractivity contribution >= 4 is 11.6 Å². The topological polar surface area (TPSA) is 61.8 Å². The van der Waals surface area contributed by atoms with Gasteiger partial charge in [0.25, 0.3) is 0 Å². The fraction of sp³-hybridized carbons (Fsp3) is 0.611. The van der Waals surface area contributed by atoms with Crippen LogP contribution in [0.15, 0.2) is 18.2 Å². The van der Waals surface area contributed by atoms with Crippen molar-refractivity contribution in [1.82, 2.24) is 4.90 Å². The number of aliphatic hydroxyl groups excluding tert-OH is 1. The molecule has 2 N–H and O–H groups in total. The van der Waals surface area contributed by atoms with Crippen molar-refractivity contribution in [3.8, 4) is 5.75 Å². The SMILES string of the molecule is CCOc1ccc(NC(=O)C2CCN(C(C)C)CC2)cc1CO. The molecule has 1 aromatic carbocycles. The molecule has 23 heavy (non-hydrogen) atoms. The lowest BCUT2D eigenvalue weighted by Crippen LogP contribution is -2.41. The van der Waals surface area contributed by atoms with E-state index in [1.165, 1.54) is 0 Å². The first-order valence-corrected chi connectivity index (χ1v) is 8.46. The molecule has 0 spiro atoms. The van der Waals surface area contributed by atoms with E-state index >= 15 is 0 Å². The average Bonchev–Trinajstić information content (AvgIpc) is 2.56. The molecule has 0 aliphatic carbocycles. The molecular formula is C18H28N2O3. The molecule has 1 amide bonds. The number of carbonyl (C=O) groups is 1. The number of aliphatic hydroxyl groups is 1. The fourth-order valence-electron chi connectivity index (χ4n) is 3.00. The van der Waals surface area contributed by atoms with Gasteiger partial charge in [-0.05, 0) is 64.9 Å². The molecule has 0 saturated carbocycles. The van der Waals surface area contributed by atoms with Crippen LogP contribution in [0.3, 0.4) is 0 Å². The summed E-state index contributed by atoms with van der Waals surface area (Å²) in [5, 5.41) is 12.4. The quantitative estimate of drug-likeness (QED) is 0.846. The van der Waals surface area contributed by atoms with Crippen molar-refractivity contribution < 1.29 is 14.6 Å². The molecule has 0 bridgehead atoms. The Kier molecular flexibility index (Phi) is 6.42. The van der Waals surface area contributed by atoms with Crippen LogP contribution >= 0.6 is 0 Å². The third-order valence-electron chi connectivity index (χ3n) is 4.43. The summed E-state index contributed by atoms with van der Waals surface area (Å²) in [4.78, 5) is 14.8. The minimum Gasteiger partial charge on any atom is -0.494 e. The van der Waals surface area contributed by atoms with E-state index in [-0.39, 0.29) is 18.4 Å². The normalized spacial score (nSPS) is 16.6. The van der Waals surface area contributed by atoms with E-state index in [9.17, 15) is 9.90 Å². The molecule has 1 aliphatic rings. The minimum absolute atomic E-state index is 0.0640. The summed E-state index contributed by atoms with van der Waals surface area (Å²) in [6.45, 7) is 8.68. The van der Waals surface area contributed by atoms with Gasteiger partial charge in [-0.1, -0.05) is 0 Å². The number of amides is 1. The van der Waals surface area contributed by atoms with Crippen LogP contribution < -0.4 is 10.1 Å². The number of anilines is 1. The molecule has 1 saturated heterocycles. The molecule has 128 valence electrons. The number of benzene rings is 1. The molecule has 1 heterocycles. The van der Waals surface area contributed by atoms with Gasteiger partial charge >= 0.3 is 0 Å². The Morgan fingerprint density at radius 1 is 1.39 bits per heavy atom. The van der Waals surface area contributed by atoms with E-state index in [4.69, 9.17) is 4.74 Å². The first-order chi connectivity index (χ1) is 11.0. The Bertz CT molecular complexity index is 523. The molecule has 0 atom stereocenters. The number of nitrogens with zero attached hydrogens (tertiary/aromatic N) is 1. The average molecular weight is 320 g/mol. The molecule has 0 radical (unpaired) electrons. The molecule has 1 aliphatic heterocycles. The highest BCUT2D eigenvalue weighted by Crippen LogP contribution is 2.25.